The summed E-state index contributed by atoms with van der Waals surface area (Å²) in [6.07, 6.45) is 0. The minimum atomic E-state index is 0.216. The SMILES string of the molecule is CC(C)N(C(=O)CN1CCN(c2ccc(O)cc2)CC1)C(C)C. The lowest BCUT2D eigenvalue weighted by molar-refractivity contribution is -0.136. The zero-order valence-electron chi connectivity index (χ0n) is 14.7. The molecule has 0 saturated carbocycles. The third kappa shape index (κ3) is 4.61. The molecule has 128 valence electrons. The van der Waals surface area contributed by atoms with Gasteiger partial charge in [-0.15, -0.1) is 0 Å². The molecule has 1 N–H and O–H groups in total. The van der Waals surface area contributed by atoms with E-state index in [9.17, 15) is 9.90 Å². The van der Waals surface area contributed by atoms with Gasteiger partial charge in [-0.2, -0.15) is 0 Å². The number of amides is 1. The smallest absolute Gasteiger partial charge is 0.237 e. The van der Waals surface area contributed by atoms with Crippen LogP contribution in [0.3, 0.4) is 0 Å². The van der Waals surface area contributed by atoms with E-state index in [2.05, 4.69) is 37.5 Å². The first kappa shape index (κ1) is 17.6. The molecule has 0 bridgehead atoms. The average molecular weight is 319 g/mol. The van der Waals surface area contributed by atoms with Gasteiger partial charge in [-0.25, -0.2) is 0 Å². The summed E-state index contributed by atoms with van der Waals surface area (Å²) in [6, 6.07) is 7.79. The Kier molecular flexibility index (Phi) is 5.88. The van der Waals surface area contributed by atoms with Crippen LogP contribution in [0.25, 0.3) is 0 Å². The fourth-order valence-corrected chi connectivity index (χ4v) is 3.27. The molecule has 23 heavy (non-hydrogen) atoms. The predicted octanol–water partition coefficient (Wildman–Crippen LogP) is 2.16. The molecule has 1 aliphatic rings. The van der Waals surface area contributed by atoms with Crippen molar-refractivity contribution in [3.05, 3.63) is 24.3 Å². The number of aromatic hydroxyl groups is 1. The first-order chi connectivity index (χ1) is 10.9. The molecule has 0 radical (unpaired) electrons. The molecule has 1 aromatic rings. The van der Waals surface area contributed by atoms with Crippen molar-refractivity contribution in [1.29, 1.82) is 0 Å². The maximum absolute atomic E-state index is 12.5. The van der Waals surface area contributed by atoms with Gasteiger partial charge in [0.05, 0.1) is 6.54 Å². The Morgan fingerprint density at radius 2 is 1.57 bits per heavy atom. The van der Waals surface area contributed by atoms with E-state index in [4.69, 9.17) is 0 Å². The Labute approximate surface area is 139 Å². The highest BCUT2D eigenvalue weighted by Crippen LogP contribution is 2.20. The van der Waals surface area contributed by atoms with Crippen molar-refractivity contribution in [2.24, 2.45) is 0 Å². The number of carbonyl (C=O) groups is 1. The molecule has 1 amide bonds. The van der Waals surface area contributed by atoms with E-state index < -0.39 is 0 Å². The Hall–Kier alpha value is -1.75. The number of phenols is 1. The van der Waals surface area contributed by atoms with E-state index >= 15 is 0 Å². The van der Waals surface area contributed by atoms with Crippen molar-refractivity contribution in [1.82, 2.24) is 9.80 Å². The van der Waals surface area contributed by atoms with Gasteiger partial charge in [0.1, 0.15) is 5.75 Å². The molecule has 1 aromatic carbocycles. The van der Waals surface area contributed by atoms with E-state index in [0.29, 0.717) is 12.3 Å². The molecule has 0 spiro atoms. The number of rotatable bonds is 5. The summed E-state index contributed by atoms with van der Waals surface area (Å²) < 4.78 is 0. The van der Waals surface area contributed by atoms with Gasteiger partial charge >= 0.3 is 0 Å². The average Bonchev–Trinajstić information content (AvgIpc) is 2.48. The van der Waals surface area contributed by atoms with Crippen LogP contribution in [0.2, 0.25) is 0 Å². The van der Waals surface area contributed by atoms with Gasteiger partial charge in [0.2, 0.25) is 5.91 Å². The predicted molar refractivity (Wildman–Crippen MR) is 93.9 cm³/mol. The molecule has 0 aliphatic carbocycles. The van der Waals surface area contributed by atoms with E-state index in [1.165, 1.54) is 0 Å². The first-order valence-electron chi connectivity index (χ1n) is 8.46. The lowest BCUT2D eigenvalue weighted by Crippen LogP contribution is -2.52. The number of benzene rings is 1. The van der Waals surface area contributed by atoms with Gasteiger partial charge in [0, 0.05) is 44.0 Å². The molecule has 1 saturated heterocycles. The maximum Gasteiger partial charge on any atom is 0.237 e. The Balaban J connectivity index is 1.87. The topological polar surface area (TPSA) is 47.0 Å². The quantitative estimate of drug-likeness (QED) is 0.903. The van der Waals surface area contributed by atoms with Crippen LogP contribution in [0, 0.1) is 0 Å². The number of phenolic OH excluding ortho intramolecular Hbond substituents is 1. The highest BCUT2D eigenvalue weighted by atomic mass is 16.3. The number of piperazine rings is 1. The minimum absolute atomic E-state index is 0.216. The van der Waals surface area contributed by atoms with Crippen LogP contribution in [0.1, 0.15) is 27.7 Å². The van der Waals surface area contributed by atoms with Gasteiger partial charge in [-0.3, -0.25) is 9.69 Å². The van der Waals surface area contributed by atoms with E-state index in [1.54, 1.807) is 12.1 Å². The Morgan fingerprint density at radius 1 is 1.04 bits per heavy atom. The van der Waals surface area contributed by atoms with E-state index in [1.807, 2.05) is 17.0 Å². The minimum Gasteiger partial charge on any atom is -0.508 e. The third-order valence-electron chi connectivity index (χ3n) is 4.35. The fourth-order valence-electron chi connectivity index (χ4n) is 3.27. The molecule has 5 heteroatoms. The highest BCUT2D eigenvalue weighted by Gasteiger charge is 2.24. The van der Waals surface area contributed by atoms with Crippen LogP contribution in [-0.4, -0.2) is 65.6 Å². The molecular weight excluding hydrogens is 290 g/mol. The Bertz CT molecular complexity index is 498. The summed E-state index contributed by atoms with van der Waals surface area (Å²) in [5.41, 5.74) is 1.12. The molecule has 0 atom stereocenters. The molecule has 1 heterocycles. The third-order valence-corrected chi connectivity index (χ3v) is 4.35. The maximum atomic E-state index is 12.5. The van der Waals surface area contributed by atoms with Gasteiger partial charge < -0.3 is 14.9 Å². The number of hydrogen-bond acceptors (Lipinski definition) is 4. The van der Waals surface area contributed by atoms with Crippen molar-refractivity contribution >= 4 is 11.6 Å². The van der Waals surface area contributed by atoms with Crippen LogP contribution < -0.4 is 4.90 Å². The summed E-state index contributed by atoms with van der Waals surface area (Å²) in [4.78, 5) is 19.0. The van der Waals surface area contributed by atoms with Gasteiger partial charge in [-0.1, -0.05) is 0 Å². The number of hydrogen-bond donors (Lipinski definition) is 1. The lowest BCUT2D eigenvalue weighted by Gasteiger charge is -2.38. The van der Waals surface area contributed by atoms with Gasteiger partial charge in [-0.05, 0) is 52.0 Å². The second kappa shape index (κ2) is 7.68. The highest BCUT2D eigenvalue weighted by molar-refractivity contribution is 5.78. The van der Waals surface area contributed by atoms with Crippen molar-refractivity contribution in [2.45, 2.75) is 39.8 Å². The molecular formula is C18H29N3O2. The normalized spacial score (nSPS) is 16.2. The summed E-state index contributed by atoms with van der Waals surface area (Å²) >= 11 is 0. The van der Waals surface area contributed by atoms with Crippen molar-refractivity contribution in [3.63, 3.8) is 0 Å². The van der Waals surface area contributed by atoms with Crippen molar-refractivity contribution in [3.8, 4) is 5.75 Å². The van der Waals surface area contributed by atoms with Gasteiger partial charge in [0.15, 0.2) is 0 Å². The number of anilines is 1. The van der Waals surface area contributed by atoms with Crippen LogP contribution >= 0.6 is 0 Å². The molecule has 1 aliphatic heterocycles. The van der Waals surface area contributed by atoms with Gasteiger partial charge in [0.25, 0.3) is 0 Å². The Morgan fingerprint density at radius 3 is 2.04 bits per heavy atom. The molecule has 0 unspecified atom stereocenters. The molecule has 0 aromatic heterocycles. The number of nitrogens with zero attached hydrogens (tertiary/aromatic N) is 3. The molecule has 5 nitrogen and oxygen atoms in total. The van der Waals surface area contributed by atoms with E-state index in [-0.39, 0.29) is 18.0 Å². The largest absolute Gasteiger partial charge is 0.508 e. The standard InChI is InChI=1S/C18H29N3O2/c1-14(2)21(15(3)4)18(23)13-19-9-11-20(12-10-19)16-5-7-17(22)8-6-16/h5-8,14-15,22H,9-13H2,1-4H3. The lowest BCUT2D eigenvalue weighted by atomic mass is 10.2. The van der Waals surface area contributed by atoms with Crippen LogP contribution in [-0.2, 0) is 4.79 Å². The fraction of sp³-hybridized carbons (Fsp3) is 0.611. The second-order valence-electron chi connectivity index (χ2n) is 6.77. The summed E-state index contributed by atoms with van der Waals surface area (Å²) in [6.45, 7) is 12.4. The zero-order valence-corrected chi connectivity index (χ0v) is 14.7. The molecule has 2 rings (SSSR count). The van der Waals surface area contributed by atoms with Crippen LogP contribution in [0.5, 0.6) is 5.75 Å². The van der Waals surface area contributed by atoms with Crippen molar-refractivity contribution in [2.75, 3.05) is 37.6 Å². The van der Waals surface area contributed by atoms with Crippen molar-refractivity contribution < 1.29 is 9.90 Å². The zero-order chi connectivity index (χ0) is 17.0. The molecule has 1 fully saturated rings. The second-order valence-corrected chi connectivity index (χ2v) is 6.77. The summed E-state index contributed by atoms with van der Waals surface area (Å²) in [5.74, 6) is 0.508. The summed E-state index contributed by atoms with van der Waals surface area (Å²) in [7, 11) is 0. The van der Waals surface area contributed by atoms with Crippen LogP contribution in [0.4, 0.5) is 5.69 Å². The summed E-state index contributed by atoms with van der Waals surface area (Å²) in [5, 5.41) is 9.37. The number of carbonyl (C=O) groups excluding carboxylic acids is 1. The monoisotopic (exact) mass is 319 g/mol. The first-order valence-corrected chi connectivity index (χ1v) is 8.46. The van der Waals surface area contributed by atoms with E-state index in [0.717, 1.165) is 31.9 Å². The van der Waals surface area contributed by atoms with Crippen LogP contribution in [0.15, 0.2) is 24.3 Å².